The Balaban J connectivity index is 0. The Morgan fingerprint density at radius 3 is 2.67 bits per heavy atom. The molecule has 0 bridgehead atoms. The maximum Gasteiger partial charge on any atom is 0.244 e. The van der Waals surface area contributed by atoms with Gasteiger partial charge in [-0.15, -0.1) is 12.4 Å². The van der Waals surface area contributed by atoms with Crippen LogP contribution in [-0.4, -0.2) is 30.1 Å². The number of aromatic nitrogens is 2. The van der Waals surface area contributed by atoms with Crippen molar-refractivity contribution in [3.8, 4) is 0 Å². The van der Waals surface area contributed by atoms with Crippen LogP contribution in [0.15, 0.2) is 31.4 Å². The molecule has 0 aromatic carbocycles. The van der Waals surface area contributed by atoms with Gasteiger partial charge in [-0.2, -0.15) is 0 Å². The lowest BCUT2D eigenvalue weighted by atomic mass is 10.6. The monoisotopic (exact) mass is 251 g/mol. The fourth-order valence-electron chi connectivity index (χ4n) is 1.14. The molecule has 0 atom stereocenters. The van der Waals surface area contributed by atoms with Crippen LogP contribution >= 0.6 is 12.4 Å². The number of hydrogen-bond acceptors (Lipinski definition) is 1. The maximum absolute atomic E-state index is 3.70. The number of halogens is 2. The van der Waals surface area contributed by atoms with Crippen LogP contribution in [0.4, 0.5) is 0 Å². The molecule has 1 heterocycles. The average Bonchev–Trinajstić information content (AvgIpc) is 2.50. The van der Waals surface area contributed by atoms with Crippen molar-refractivity contribution in [2.24, 2.45) is 0 Å². The molecule has 0 aliphatic heterocycles. The van der Waals surface area contributed by atoms with Gasteiger partial charge in [0.25, 0.3) is 0 Å². The fourth-order valence-corrected chi connectivity index (χ4v) is 1.14. The van der Waals surface area contributed by atoms with E-state index in [2.05, 4.69) is 53.4 Å². The summed E-state index contributed by atoms with van der Waals surface area (Å²) >= 11 is 0. The third-order valence-electron chi connectivity index (χ3n) is 1.89. The molecule has 0 N–H and O–H groups in total. The van der Waals surface area contributed by atoms with Crippen LogP contribution in [0, 0.1) is 0 Å². The lowest BCUT2D eigenvalue weighted by molar-refractivity contribution is -0.695. The van der Waals surface area contributed by atoms with E-state index in [-0.39, 0.29) is 24.8 Å². The van der Waals surface area contributed by atoms with Gasteiger partial charge in [0, 0.05) is 6.54 Å². The molecule has 0 fully saturated rings. The maximum atomic E-state index is 3.70. The molecule has 1 rings (SSSR count). The average molecular weight is 252 g/mol. The lowest BCUT2D eigenvalue weighted by Gasteiger charge is -2.05. The third kappa shape index (κ3) is 6.55. The Kier molecular flexibility index (Phi) is 9.88. The predicted molar refractivity (Wildman–Crippen MR) is 60.6 cm³/mol. The quantitative estimate of drug-likeness (QED) is 0.434. The van der Waals surface area contributed by atoms with Crippen molar-refractivity contribution in [3.63, 3.8) is 0 Å². The molecule has 5 heteroatoms. The van der Waals surface area contributed by atoms with Crippen LogP contribution in [0.3, 0.4) is 0 Å². The van der Waals surface area contributed by atoms with Crippen molar-refractivity contribution in [1.29, 1.82) is 0 Å². The minimum absolute atomic E-state index is 0. The number of likely N-dealkylation sites (N-methyl/N-ethyl adjacent to an activating group) is 1. The van der Waals surface area contributed by atoms with E-state index in [1.54, 1.807) is 0 Å². The molecular formula is C10H19Cl2N3. The minimum atomic E-state index is 0. The second-order valence-corrected chi connectivity index (χ2v) is 3.44. The smallest absolute Gasteiger partial charge is 0.244 e. The Morgan fingerprint density at radius 1 is 1.47 bits per heavy atom. The van der Waals surface area contributed by atoms with E-state index in [1.807, 2.05) is 6.08 Å². The first kappa shape index (κ1) is 16.9. The summed E-state index contributed by atoms with van der Waals surface area (Å²) in [4.78, 5) is 2.18. The highest BCUT2D eigenvalue weighted by Crippen LogP contribution is 1.85. The van der Waals surface area contributed by atoms with Gasteiger partial charge < -0.3 is 17.3 Å². The molecule has 0 unspecified atom stereocenters. The Labute approximate surface area is 104 Å². The first-order valence-electron chi connectivity index (χ1n) is 4.53. The zero-order valence-corrected chi connectivity index (χ0v) is 10.8. The van der Waals surface area contributed by atoms with Crippen LogP contribution in [0.25, 0.3) is 0 Å². The van der Waals surface area contributed by atoms with E-state index in [1.165, 1.54) is 0 Å². The van der Waals surface area contributed by atoms with Crippen LogP contribution in [0.2, 0.25) is 0 Å². The number of nitrogens with zero attached hydrogens (tertiary/aromatic N) is 3. The standard InChI is InChI=1S/C10H18N3.2ClH/c1-4-5-12-8-9-13(10-12)7-6-11(2)3;;/h4,8-10H,1,5-7H2,2-3H3;2*1H/q+1;;/p-1. The van der Waals surface area contributed by atoms with Gasteiger partial charge in [0.15, 0.2) is 0 Å². The lowest BCUT2D eigenvalue weighted by Crippen LogP contribution is -3.00. The molecule has 3 nitrogen and oxygen atoms in total. The van der Waals surface area contributed by atoms with E-state index in [9.17, 15) is 0 Å². The molecule has 0 saturated carbocycles. The first-order chi connectivity index (χ1) is 6.22. The summed E-state index contributed by atoms with van der Waals surface area (Å²) in [5.41, 5.74) is 0. The van der Waals surface area contributed by atoms with Crippen molar-refractivity contribution < 1.29 is 17.0 Å². The van der Waals surface area contributed by atoms with E-state index >= 15 is 0 Å². The SMILES string of the molecule is C=CCn1cc[n+](CCN(C)C)c1.Cl.[Cl-]. The van der Waals surface area contributed by atoms with E-state index < -0.39 is 0 Å². The predicted octanol–water partition coefficient (Wildman–Crippen LogP) is -2.05. The van der Waals surface area contributed by atoms with E-state index in [4.69, 9.17) is 0 Å². The van der Waals surface area contributed by atoms with Crippen molar-refractivity contribution in [3.05, 3.63) is 31.4 Å². The molecule has 88 valence electrons. The molecule has 0 aliphatic carbocycles. The topological polar surface area (TPSA) is 12.0 Å². The molecule has 0 spiro atoms. The minimum Gasteiger partial charge on any atom is -1.00 e. The number of imidazole rings is 1. The van der Waals surface area contributed by atoms with E-state index in [0.29, 0.717) is 0 Å². The van der Waals surface area contributed by atoms with Gasteiger partial charge in [-0.25, -0.2) is 9.13 Å². The molecule has 1 aromatic heterocycles. The van der Waals surface area contributed by atoms with Crippen LogP contribution in [0.5, 0.6) is 0 Å². The Morgan fingerprint density at radius 2 is 2.13 bits per heavy atom. The normalized spacial score (nSPS) is 9.27. The van der Waals surface area contributed by atoms with Crippen LogP contribution in [-0.2, 0) is 13.1 Å². The summed E-state index contributed by atoms with van der Waals surface area (Å²) in [5, 5.41) is 0. The summed E-state index contributed by atoms with van der Waals surface area (Å²) in [6, 6.07) is 0. The van der Waals surface area contributed by atoms with Gasteiger partial charge >= 0.3 is 0 Å². The van der Waals surface area contributed by atoms with E-state index in [0.717, 1.165) is 19.6 Å². The van der Waals surface area contributed by atoms with Gasteiger partial charge in [-0.1, -0.05) is 12.7 Å². The summed E-state index contributed by atoms with van der Waals surface area (Å²) in [6.45, 7) is 6.70. The molecule has 0 radical (unpaired) electrons. The molecule has 15 heavy (non-hydrogen) atoms. The van der Waals surface area contributed by atoms with Gasteiger partial charge in [-0.3, -0.25) is 0 Å². The van der Waals surface area contributed by atoms with Crippen molar-refractivity contribution >= 4 is 12.4 Å². The number of hydrogen-bond donors (Lipinski definition) is 0. The van der Waals surface area contributed by atoms with Crippen molar-refractivity contribution in [2.75, 3.05) is 20.6 Å². The fraction of sp³-hybridized carbons (Fsp3) is 0.500. The van der Waals surface area contributed by atoms with Crippen molar-refractivity contribution in [2.45, 2.75) is 13.1 Å². The Hall–Kier alpha value is -0.510. The summed E-state index contributed by atoms with van der Waals surface area (Å²) in [7, 11) is 4.17. The second-order valence-electron chi connectivity index (χ2n) is 3.44. The summed E-state index contributed by atoms with van der Waals surface area (Å²) < 4.78 is 4.30. The highest BCUT2D eigenvalue weighted by molar-refractivity contribution is 5.85. The Bertz CT molecular complexity index is 271. The number of allylic oxidation sites excluding steroid dienone is 1. The zero-order chi connectivity index (χ0) is 9.68. The number of rotatable bonds is 5. The van der Waals surface area contributed by atoms with Gasteiger partial charge in [0.05, 0.1) is 0 Å². The molecule has 0 aliphatic rings. The highest BCUT2D eigenvalue weighted by Gasteiger charge is 2.01. The largest absolute Gasteiger partial charge is 1.00 e. The summed E-state index contributed by atoms with van der Waals surface area (Å²) in [6.07, 6.45) is 8.16. The molecule has 0 amide bonds. The molecule has 1 aromatic rings. The van der Waals surface area contributed by atoms with Crippen LogP contribution in [0.1, 0.15) is 0 Å². The molecular weight excluding hydrogens is 233 g/mol. The van der Waals surface area contributed by atoms with Gasteiger partial charge in [0.1, 0.15) is 25.5 Å². The van der Waals surface area contributed by atoms with Gasteiger partial charge in [0.2, 0.25) is 6.33 Å². The zero-order valence-electron chi connectivity index (χ0n) is 9.27. The highest BCUT2D eigenvalue weighted by atomic mass is 35.5. The molecule has 0 saturated heterocycles. The van der Waals surface area contributed by atoms with Crippen molar-refractivity contribution in [1.82, 2.24) is 9.47 Å². The third-order valence-corrected chi connectivity index (χ3v) is 1.89. The van der Waals surface area contributed by atoms with Crippen LogP contribution < -0.4 is 17.0 Å². The first-order valence-corrected chi connectivity index (χ1v) is 4.53. The summed E-state index contributed by atoms with van der Waals surface area (Å²) in [5.74, 6) is 0. The second kappa shape index (κ2) is 8.77. The van der Waals surface area contributed by atoms with Gasteiger partial charge in [-0.05, 0) is 14.1 Å².